The third-order valence-corrected chi connectivity index (χ3v) is 1.42. The van der Waals surface area contributed by atoms with Crippen LogP contribution in [0.4, 0.5) is 0 Å². The number of carboxylic acid groups (broad SMARTS) is 1. The first-order valence-corrected chi connectivity index (χ1v) is 3.84. The molecular weight excluding hydrogens is 151 g/mol. The van der Waals surface area contributed by atoms with Crippen molar-refractivity contribution in [2.24, 2.45) is 5.92 Å². The fourth-order valence-electron chi connectivity index (χ4n) is 0.829. The van der Waals surface area contributed by atoms with Crippen molar-refractivity contribution in [1.29, 1.82) is 0 Å². The molecule has 0 saturated heterocycles. The maximum absolute atomic E-state index is 10.0. The summed E-state index contributed by atoms with van der Waals surface area (Å²) in [6, 6.07) is 0. The van der Waals surface area contributed by atoms with Crippen LogP contribution in [0.25, 0.3) is 0 Å². The number of carbonyl (C=O) groups is 1. The maximum atomic E-state index is 10.0. The van der Waals surface area contributed by atoms with Gasteiger partial charge in [0.25, 0.3) is 0 Å². The molecule has 0 aliphatic carbocycles. The van der Waals surface area contributed by atoms with Crippen molar-refractivity contribution in [1.82, 2.24) is 0 Å². The van der Waals surface area contributed by atoms with Crippen molar-refractivity contribution < 1.29 is 9.90 Å². The molecule has 0 atom stereocenters. The molecule has 0 aromatic heterocycles. The van der Waals surface area contributed by atoms with Crippen molar-refractivity contribution >= 4 is 35.5 Å². The molecule has 0 fully saturated rings. The summed E-state index contributed by atoms with van der Waals surface area (Å²) < 4.78 is 0. The summed E-state index contributed by atoms with van der Waals surface area (Å²) in [5.74, 6) is 0.0255. The molecule has 0 aliphatic heterocycles. The van der Waals surface area contributed by atoms with Gasteiger partial charge < -0.3 is 5.11 Å². The van der Waals surface area contributed by atoms with E-state index in [1.165, 1.54) is 0 Å². The molecule has 1 N–H and O–H groups in total. The average molecular weight is 168 g/mol. The molecule has 0 aromatic rings. The summed E-state index contributed by atoms with van der Waals surface area (Å²) in [6.07, 6.45) is 3.34. The molecule has 0 unspecified atom stereocenters. The molecule has 0 rings (SSSR count). The summed E-state index contributed by atoms with van der Waals surface area (Å²) in [5.41, 5.74) is 0. The van der Waals surface area contributed by atoms with Gasteiger partial charge in [-0.25, -0.2) is 0 Å². The Morgan fingerprint density at radius 2 is 1.91 bits per heavy atom. The number of carboxylic acids is 1. The van der Waals surface area contributed by atoms with Crippen LogP contribution in [0.1, 0.15) is 39.5 Å². The van der Waals surface area contributed by atoms with E-state index in [9.17, 15) is 4.79 Å². The first-order valence-electron chi connectivity index (χ1n) is 3.84. The third-order valence-electron chi connectivity index (χ3n) is 1.42. The number of rotatable bonds is 5. The van der Waals surface area contributed by atoms with Crippen molar-refractivity contribution in [3.63, 3.8) is 0 Å². The molecular formula is C8H17NaO2. The van der Waals surface area contributed by atoms with Gasteiger partial charge in [0.05, 0.1) is 0 Å². The van der Waals surface area contributed by atoms with E-state index in [0.29, 0.717) is 12.3 Å². The van der Waals surface area contributed by atoms with Crippen LogP contribution in [0.2, 0.25) is 0 Å². The zero-order chi connectivity index (χ0) is 7.98. The van der Waals surface area contributed by atoms with Crippen LogP contribution < -0.4 is 0 Å². The van der Waals surface area contributed by atoms with E-state index in [4.69, 9.17) is 5.11 Å². The van der Waals surface area contributed by atoms with E-state index in [1.807, 2.05) is 0 Å². The van der Waals surface area contributed by atoms with E-state index in [-0.39, 0.29) is 29.6 Å². The molecule has 0 aromatic carbocycles. The summed E-state index contributed by atoms with van der Waals surface area (Å²) in [6.45, 7) is 4.31. The standard InChI is InChI=1S/C8H16O2.Na.H/c1-7(2)5-3-4-6-8(9)10;;/h7H,3-6H2,1-2H3,(H,9,10);;. The van der Waals surface area contributed by atoms with Crippen LogP contribution in [-0.4, -0.2) is 40.6 Å². The number of hydrogen-bond donors (Lipinski definition) is 1. The summed E-state index contributed by atoms with van der Waals surface area (Å²) in [4.78, 5) is 10.0. The minimum absolute atomic E-state index is 0. The predicted molar refractivity (Wildman–Crippen MR) is 48.1 cm³/mol. The van der Waals surface area contributed by atoms with Crippen LogP contribution in [0.3, 0.4) is 0 Å². The molecule has 62 valence electrons. The normalized spacial score (nSPS) is 9.36. The molecule has 0 aliphatic rings. The second-order valence-corrected chi connectivity index (χ2v) is 3.03. The second-order valence-electron chi connectivity index (χ2n) is 3.03. The Labute approximate surface area is 90.7 Å². The van der Waals surface area contributed by atoms with Crippen LogP contribution in [-0.2, 0) is 4.79 Å². The fourth-order valence-corrected chi connectivity index (χ4v) is 0.829. The van der Waals surface area contributed by atoms with Crippen LogP contribution in [0.5, 0.6) is 0 Å². The Balaban J connectivity index is 0. The molecule has 3 heteroatoms. The van der Waals surface area contributed by atoms with Crippen molar-refractivity contribution in [3.8, 4) is 0 Å². The third kappa shape index (κ3) is 13.5. The Morgan fingerprint density at radius 1 is 1.36 bits per heavy atom. The second kappa shape index (κ2) is 8.57. The van der Waals surface area contributed by atoms with Crippen molar-refractivity contribution in [2.75, 3.05) is 0 Å². The van der Waals surface area contributed by atoms with Gasteiger partial charge in [-0.2, -0.15) is 0 Å². The van der Waals surface area contributed by atoms with Gasteiger partial charge in [-0.05, 0) is 12.3 Å². The van der Waals surface area contributed by atoms with E-state index in [1.54, 1.807) is 0 Å². The number of aliphatic carboxylic acids is 1. The monoisotopic (exact) mass is 168 g/mol. The quantitative estimate of drug-likeness (QED) is 0.500. The number of hydrogen-bond acceptors (Lipinski definition) is 1. The first-order chi connectivity index (χ1) is 4.63. The van der Waals surface area contributed by atoms with Gasteiger partial charge in [0.1, 0.15) is 0 Å². The molecule has 0 heterocycles. The first kappa shape index (κ1) is 14.0. The van der Waals surface area contributed by atoms with Crippen LogP contribution >= 0.6 is 0 Å². The Hall–Kier alpha value is 0.470. The SMILES string of the molecule is CC(C)CCCCC(=O)O.[NaH]. The zero-order valence-electron chi connectivity index (χ0n) is 6.76. The van der Waals surface area contributed by atoms with E-state index in [2.05, 4.69) is 13.8 Å². The van der Waals surface area contributed by atoms with Crippen molar-refractivity contribution in [3.05, 3.63) is 0 Å². The zero-order valence-corrected chi connectivity index (χ0v) is 6.76. The van der Waals surface area contributed by atoms with Crippen molar-refractivity contribution in [2.45, 2.75) is 39.5 Å². The van der Waals surface area contributed by atoms with Gasteiger partial charge in [0.2, 0.25) is 0 Å². The van der Waals surface area contributed by atoms with Gasteiger partial charge in [0.15, 0.2) is 0 Å². The number of unbranched alkanes of at least 4 members (excludes halogenated alkanes) is 1. The fraction of sp³-hybridized carbons (Fsp3) is 0.875. The van der Waals surface area contributed by atoms with Gasteiger partial charge in [-0.15, -0.1) is 0 Å². The van der Waals surface area contributed by atoms with Crippen LogP contribution in [0, 0.1) is 5.92 Å². The van der Waals surface area contributed by atoms with Gasteiger partial charge in [0, 0.05) is 6.42 Å². The van der Waals surface area contributed by atoms with E-state index < -0.39 is 5.97 Å². The summed E-state index contributed by atoms with van der Waals surface area (Å²) in [5, 5.41) is 8.28. The Bertz CT molecular complexity index is 102. The van der Waals surface area contributed by atoms with Gasteiger partial charge >= 0.3 is 35.5 Å². The molecule has 0 bridgehead atoms. The van der Waals surface area contributed by atoms with E-state index >= 15 is 0 Å². The molecule has 0 amide bonds. The molecule has 11 heavy (non-hydrogen) atoms. The molecule has 2 nitrogen and oxygen atoms in total. The summed E-state index contributed by atoms with van der Waals surface area (Å²) >= 11 is 0. The van der Waals surface area contributed by atoms with Gasteiger partial charge in [-0.3, -0.25) is 4.79 Å². The summed E-state index contributed by atoms with van der Waals surface area (Å²) in [7, 11) is 0. The average Bonchev–Trinajstić information content (AvgIpc) is 1.79. The van der Waals surface area contributed by atoms with Crippen LogP contribution in [0.15, 0.2) is 0 Å². The molecule has 0 spiro atoms. The van der Waals surface area contributed by atoms with Gasteiger partial charge in [-0.1, -0.05) is 26.7 Å². The van der Waals surface area contributed by atoms with E-state index in [0.717, 1.165) is 19.3 Å². The Morgan fingerprint density at radius 3 is 2.27 bits per heavy atom. The predicted octanol–water partition coefficient (Wildman–Crippen LogP) is 1.64. The molecule has 0 saturated carbocycles. The Kier molecular flexibility index (Phi) is 10.9. The molecule has 0 radical (unpaired) electrons. The minimum atomic E-state index is -0.677. The topological polar surface area (TPSA) is 37.3 Å².